The molecule has 0 saturated carbocycles. The molecule has 1 aromatic rings. The van der Waals surface area contributed by atoms with Crippen LogP contribution in [-0.2, 0) is 20.6 Å². The van der Waals surface area contributed by atoms with Crippen molar-refractivity contribution >= 4 is 33.1 Å². The molecule has 4 N–H and O–H groups in total. The third-order valence-corrected chi connectivity index (χ3v) is 4.25. The van der Waals surface area contributed by atoms with Crippen molar-refractivity contribution in [1.82, 2.24) is 10.0 Å². The molecule has 0 aliphatic carbocycles. The number of thiocarbonyl (C=S) groups is 1. The van der Waals surface area contributed by atoms with E-state index in [0.29, 0.717) is 11.1 Å². The van der Waals surface area contributed by atoms with Crippen molar-refractivity contribution in [3.05, 3.63) is 35.4 Å². The van der Waals surface area contributed by atoms with Crippen molar-refractivity contribution in [3.8, 4) is 0 Å². The largest absolute Gasteiger partial charge is 0.389 e. The first-order chi connectivity index (χ1) is 9.25. The zero-order valence-electron chi connectivity index (χ0n) is 11.2. The molecule has 0 heterocycles. The standard InChI is InChI=1S/C12H17N3O3S2/c1-8(12(16)14-2)15-20(17,18)7-9-3-5-10(6-4-9)11(13)19/h3-6,8,15H,7H2,1-2H3,(H2,13,19)(H,14,16). The molecule has 0 fully saturated rings. The van der Waals surface area contributed by atoms with Crippen molar-refractivity contribution in [2.24, 2.45) is 5.73 Å². The lowest BCUT2D eigenvalue weighted by molar-refractivity contribution is -0.121. The second-order valence-electron chi connectivity index (χ2n) is 4.27. The molecule has 20 heavy (non-hydrogen) atoms. The van der Waals surface area contributed by atoms with Gasteiger partial charge in [-0.05, 0) is 12.5 Å². The number of likely N-dealkylation sites (N-methyl/N-ethyl adjacent to an activating group) is 1. The highest BCUT2D eigenvalue weighted by Gasteiger charge is 2.19. The van der Waals surface area contributed by atoms with Gasteiger partial charge in [-0.1, -0.05) is 36.5 Å². The van der Waals surface area contributed by atoms with E-state index in [4.69, 9.17) is 18.0 Å². The number of hydrogen-bond donors (Lipinski definition) is 3. The van der Waals surface area contributed by atoms with E-state index < -0.39 is 22.0 Å². The maximum absolute atomic E-state index is 11.9. The summed E-state index contributed by atoms with van der Waals surface area (Å²) in [6.07, 6.45) is 0. The molecule has 0 spiro atoms. The summed E-state index contributed by atoms with van der Waals surface area (Å²) in [5, 5.41) is 2.38. The number of nitrogens with one attached hydrogen (secondary N) is 2. The number of carbonyl (C=O) groups is 1. The van der Waals surface area contributed by atoms with Gasteiger partial charge in [0, 0.05) is 12.6 Å². The maximum Gasteiger partial charge on any atom is 0.237 e. The minimum Gasteiger partial charge on any atom is -0.389 e. The highest BCUT2D eigenvalue weighted by atomic mass is 32.2. The third kappa shape index (κ3) is 4.87. The molecule has 6 nitrogen and oxygen atoms in total. The number of hydrogen-bond acceptors (Lipinski definition) is 4. The summed E-state index contributed by atoms with van der Waals surface area (Å²) in [6, 6.07) is 5.78. The van der Waals surface area contributed by atoms with Crippen LogP contribution < -0.4 is 15.8 Å². The number of sulfonamides is 1. The van der Waals surface area contributed by atoms with E-state index in [2.05, 4.69) is 10.0 Å². The lowest BCUT2D eigenvalue weighted by Gasteiger charge is -2.12. The number of carbonyl (C=O) groups excluding carboxylic acids is 1. The normalized spacial score (nSPS) is 12.7. The first-order valence-corrected chi connectivity index (χ1v) is 7.91. The number of rotatable bonds is 6. The van der Waals surface area contributed by atoms with Crippen molar-refractivity contribution in [1.29, 1.82) is 0 Å². The third-order valence-electron chi connectivity index (χ3n) is 2.59. The Morgan fingerprint density at radius 1 is 1.35 bits per heavy atom. The van der Waals surface area contributed by atoms with E-state index >= 15 is 0 Å². The van der Waals surface area contributed by atoms with Gasteiger partial charge in [-0.15, -0.1) is 0 Å². The van der Waals surface area contributed by atoms with Crippen molar-refractivity contribution in [2.45, 2.75) is 18.7 Å². The molecule has 0 aliphatic heterocycles. The fraction of sp³-hybridized carbons (Fsp3) is 0.333. The number of benzene rings is 1. The SMILES string of the molecule is CNC(=O)C(C)NS(=O)(=O)Cc1ccc(C(N)=S)cc1. The van der Waals surface area contributed by atoms with Crippen LogP contribution in [0.4, 0.5) is 0 Å². The van der Waals surface area contributed by atoms with Crippen molar-refractivity contribution in [3.63, 3.8) is 0 Å². The fourth-order valence-electron chi connectivity index (χ4n) is 1.57. The van der Waals surface area contributed by atoms with Gasteiger partial charge in [-0.2, -0.15) is 0 Å². The predicted octanol–water partition coefficient (Wildman–Crippen LogP) is -0.125. The van der Waals surface area contributed by atoms with E-state index in [1.807, 2.05) is 0 Å². The molecular weight excluding hydrogens is 298 g/mol. The smallest absolute Gasteiger partial charge is 0.237 e. The van der Waals surface area contributed by atoms with E-state index in [9.17, 15) is 13.2 Å². The fourth-order valence-corrected chi connectivity index (χ4v) is 3.06. The summed E-state index contributed by atoms with van der Waals surface area (Å²) in [5.74, 6) is -0.608. The van der Waals surface area contributed by atoms with Gasteiger partial charge in [0.1, 0.15) is 4.99 Å². The van der Waals surface area contributed by atoms with E-state index in [0.717, 1.165) is 0 Å². The predicted molar refractivity (Wildman–Crippen MR) is 81.6 cm³/mol. The zero-order chi connectivity index (χ0) is 15.3. The van der Waals surface area contributed by atoms with Crippen LogP contribution in [0.25, 0.3) is 0 Å². The van der Waals surface area contributed by atoms with Crippen LogP contribution in [0.2, 0.25) is 0 Å². The second-order valence-corrected chi connectivity index (χ2v) is 6.47. The van der Waals surface area contributed by atoms with Gasteiger partial charge in [0.05, 0.1) is 11.8 Å². The topological polar surface area (TPSA) is 101 Å². The molecule has 1 atom stereocenters. The molecule has 1 aromatic carbocycles. The Balaban J connectivity index is 2.76. The molecule has 1 rings (SSSR count). The molecule has 1 unspecified atom stereocenters. The van der Waals surface area contributed by atoms with Gasteiger partial charge in [0.15, 0.2) is 0 Å². The molecule has 0 radical (unpaired) electrons. The molecular formula is C12H17N3O3S2. The van der Waals surface area contributed by atoms with Crippen LogP contribution in [0, 0.1) is 0 Å². The van der Waals surface area contributed by atoms with E-state index in [1.54, 1.807) is 24.3 Å². The Hall–Kier alpha value is -1.51. The van der Waals surface area contributed by atoms with Crippen LogP contribution in [0.5, 0.6) is 0 Å². The van der Waals surface area contributed by atoms with Gasteiger partial charge in [0.2, 0.25) is 15.9 Å². The van der Waals surface area contributed by atoms with Crippen LogP contribution in [0.15, 0.2) is 24.3 Å². The van der Waals surface area contributed by atoms with Crippen LogP contribution in [0.3, 0.4) is 0 Å². The van der Waals surface area contributed by atoms with Crippen LogP contribution >= 0.6 is 12.2 Å². The Morgan fingerprint density at radius 2 is 1.90 bits per heavy atom. The van der Waals surface area contributed by atoms with Crippen LogP contribution in [-0.4, -0.2) is 32.4 Å². The van der Waals surface area contributed by atoms with Crippen molar-refractivity contribution in [2.75, 3.05) is 7.05 Å². The quantitative estimate of drug-likeness (QED) is 0.635. The Labute approximate surface area is 123 Å². The maximum atomic E-state index is 11.9. The second kappa shape index (κ2) is 6.78. The molecule has 0 saturated heterocycles. The zero-order valence-corrected chi connectivity index (χ0v) is 12.8. The van der Waals surface area contributed by atoms with Gasteiger partial charge < -0.3 is 11.1 Å². The first-order valence-electron chi connectivity index (χ1n) is 5.85. The highest BCUT2D eigenvalue weighted by Crippen LogP contribution is 2.08. The summed E-state index contributed by atoms with van der Waals surface area (Å²) >= 11 is 4.82. The van der Waals surface area contributed by atoms with E-state index in [-0.39, 0.29) is 10.7 Å². The Kier molecular flexibility index (Phi) is 5.61. The summed E-state index contributed by atoms with van der Waals surface area (Å²) in [5.41, 5.74) is 6.72. The Morgan fingerprint density at radius 3 is 2.35 bits per heavy atom. The van der Waals surface area contributed by atoms with Gasteiger partial charge in [-0.25, -0.2) is 13.1 Å². The lowest BCUT2D eigenvalue weighted by atomic mass is 10.1. The van der Waals surface area contributed by atoms with E-state index in [1.165, 1.54) is 14.0 Å². The molecule has 110 valence electrons. The highest BCUT2D eigenvalue weighted by molar-refractivity contribution is 7.88. The number of nitrogens with two attached hydrogens (primary N) is 1. The average Bonchev–Trinajstić information content (AvgIpc) is 2.37. The number of amides is 1. The summed E-state index contributed by atoms with van der Waals surface area (Å²) in [7, 11) is -2.15. The van der Waals surface area contributed by atoms with Gasteiger partial charge >= 0.3 is 0 Å². The summed E-state index contributed by atoms with van der Waals surface area (Å²) in [4.78, 5) is 11.6. The van der Waals surface area contributed by atoms with Gasteiger partial charge in [0.25, 0.3) is 0 Å². The minimum atomic E-state index is -3.60. The van der Waals surface area contributed by atoms with Gasteiger partial charge in [-0.3, -0.25) is 4.79 Å². The minimum absolute atomic E-state index is 0.216. The molecule has 0 aromatic heterocycles. The summed E-state index contributed by atoms with van der Waals surface area (Å²) in [6.45, 7) is 1.48. The molecule has 1 amide bonds. The van der Waals surface area contributed by atoms with Crippen LogP contribution in [0.1, 0.15) is 18.1 Å². The summed E-state index contributed by atoms with van der Waals surface area (Å²) < 4.78 is 26.1. The Bertz CT molecular complexity index is 597. The molecule has 0 aliphatic rings. The molecule has 0 bridgehead atoms. The lowest BCUT2D eigenvalue weighted by Crippen LogP contribution is -2.43. The molecule has 8 heteroatoms. The first kappa shape index (κ1) is 16.5. The van der Waals surface area contributed by atoms with Crippen molar-refractivity contribution < 1.29 is 13.2 Å². The average molecular weight is 315 g/mol. The monoisotopic (exact) mass is 315 g/mol.